The minimum absolute atomic E-state index is 0.0644. The summed E-state index contributed by atoms with van der Waals surface area (Å²) < 4.78 is 0. The molecule has 28 heavy (non-hydrogen) atoms. The van der Waals surface area contributed by atoms with E-state index in [0.717, 1.165) is 0 Å². The van der Waals surface area contributed by atoms with E-state index in [1.54, 1.807) is 18.2 Å². The number of benzene rings is 2. The summed E-state index contributed by atoms with van der Waals surface area (Å²) in [5.41, 5.74) is -0.639. The van der Waals surface area contributed by atoms with E-state index in [1.165, 1.54) is 36.4 Å². The molecule has 2 aromatic rings. The Labute approximate surface area is 158 Å². The summed E-state index contributed by atoms with van der Waals surface area (Å²) >= 11 is 0. The molecule has 0 aromatic heterocycles. The lowest BCUT2D eigenvalue weighted by molar-refractivity contribution is -0.385. The van der Waals surface area contributed by atoms with E-state index in [2.05, 4.69) is 0 Å². The van der Waals surface area contributed by atoms with Crippen molar-refractivity contribution >= 4 is 29.1 Å². The largest absolute Gasteiger partial charge is 0.507 e. The molecule has 9 nitrogen and oxygen atoms in total. The molecule has 1 heterocycles. The van der Waals surface area contributed by atoms with Crippen molar-refractivity contribution in [1.29, 1.82) is 0 Å². The maximum absolute atomic E-state index is 12.6. The average molecular weight is 382 g/mol. The number of nitrogens with zero attached hydrogens (tertiary/aromatic N) is 2. The van der Waals surface area contributed by atoms with Gasteiger partial charge in [0.1, 0.15) is 12.3 Å². The van der Waals surface area contributed by atoms with Gasteiger partial charge in [0.15, 0.2) is 0 Å². The zero-order valence-corrected chi connectivity index (χ0v) is 14.3. The summed E-state index contributed by atoms with van der Waals surface area (Å²) in [7, 11) is 0. The van der Waals surface area contributed by atoms with Crippen LogP contribution in [0.15, 0.2) is 60.2 Å². The van der Waals surface area contributed by atoms with Crippen LogP contribution in [0, 0.1) is 10.1 Å². The van der Waals surface area contributed by atoms with Crippen molar-refractivity contribution in [3.63, 3.8) is 0 Å². The van der Waals surface area contributed by atoms with E-state index in [9.17, 15) is 29.6 Å². The van der Waals surface area contributed by atoms with Crippen molar-refractivity contribution in [2.24, 2.45) is 0 Å². The molecule has 1 unspecified atom stereocenters. The van der Waals surface area contributed by atoms with Crippen LogP contribution in [0.3, 0.4) is 0 Å². The first kappa shape index (κ1) is 18.8. The Morgan fingerprint density at radius 3 is 2.25 bits per heavy atom. The number of ketones is 1. The van der Waals surface area contributed by atoms with Crippen LogP contribution < -0.4 is 0 Å². The molecule has 2 N–H and O–H groups in total. The van der Waals surface area contributed by atoms with Crippen LogP contribution >= 0.6 is 0 Å². The number of hydrogen-bond donors (Lipinski definition) is 2. The lowest BCUT2D eigenvalue weighted by Gasteiger charge is -2.23. The molecule has 0 saturated carbocycles. The lowest BCUT2D eigenvalue weighted by Crippen LogP contribution is -2.34. The van der Waals surface area contributed by atoms with Crippen molar-refractivity contribution in [3.8, 4) is 0 Å². The molecule has 142 valence electrons. The van der Waals surface area contributed by atoms with Gasteiger partial charge in [0.2, 0.25) is 0 Å². The Bertz CT molecular complexity index is 1010. The molecule has 2 aromatic carbocycles. The van der Waals surface area contributed by atoms with Gasteiger partial charge in [-0.05, 0) is 6.07 Å². The Morgan fingerprint density at radius 1 is 1.04 bits per heavy atom. The normalized spacial score (nSPS) is 18.3. The van der Waals surface area contributed by atoms with Gasteiger partial charge in [-0.15, -0.1) is 0 Å². The molecule has 3 rings (SSSR count). The fourth-order valence-corrected chi connectivity index (χ4v) is 3.15. The first-order valence-electron chi connectivity index (χ1n) is 8.12. The van der Waals surface area contributed by atoms with Gasteiger partial charge in [0.25, 0.3) is 17.4 Å². The van der Waals surface area contributed by atoms with Crippen LogP contribution in [0.2, 0.25) is 0 Å². The quantitative estimate of drug-likeness (QED) is 0.265. The average Bonchev–Trinajstić information content (AvgIpc) is 2.92. The van der Waals surface area contributed by atoms with Crippen LogP contribution in [-0.4, -0.2) is 44.2 Å². The van der Waals surface area contributed by atoms with Gasteiger partial charge in [0, 0.05) is 11.6 Å². The summed E-state index contributed by atoms with van der Waals surface area (Å²) in [5, 5.41) is 31.3. The topological polar surface area (TPSA) is 138 Å². The number of carboxylic acid groups (broad SMARTS) is 1. The third-order valence-electron chi connectivity index (χ3n) is 4.32. The molecule has 0 radical (unpaired) electrons. The van der Waals surface area contributed by atoms with E-state index >= 15 is 0 Å². The monoisotopic (exact) mass is 382 g/mol. The fraction of sp³-hybridized carbons (Fsp3) is 0.105. The van der Waals surface area contributed by atoms with Gasteiger partial charge < -0.3 is 15.1 Å². The number of carboxylic acids is 1. The summed E-state index contributed by atoms with van der Waals surface area (Å²) in [6.45, 7) is -0.854. The lowest BCUT2D eigenvalue weighted by atomic mass is 9.94. The zero-order valence-electron chi connectivity index (χ0n) is 14.3. The Balaban J connectivity index is 2.28. The van der Waals surface area contributed by atoms with Crippen LogP contribution in [0.4, 0.5) is 5.69 Å². The maximum Gasteiger partial charge on any atom is 0.323 e. The standard InChI is InChI=1S/C19H14N2O7/c22-14(23)10-20-16(12-8-4-5-9-13(12)21(27)28)15(18(25)19(20)26)17(24)11-6-2-1-3-7-11/h1-9,16,24H,10H2,(H,22,23)/b17-15+. The highest BCUT2D eigenvalue weighted by Crippen LogP contribution is 2.42. The second kappa shape index (κ2) is 7.31. The molecular weight excluding hydrogens is 368 g/mol. The SMILES string of the molecule is O=C(O)CN1C(=O)C(=O)/C(=C(/O)c2ccccc2)C1c1ccccc1[N+](=O)[O-]. The van der Waals surface area contributed by atoms with Crippen LogP contribution in [0.5, 0.6) is 0 Å². The molecule has 0 aliphatic carbocycles. The van der Waals surface area contributed by atoms with Gasteiger partial charge in [0.05, 0.1) is 22.1 Å². The third-order valence-corrected chi connectivity index (χ3v) is 4.32. The predicted octanol–water partition coefficient (Wildman–Crippen LogP) is 2.10. The van der Waals surface area contributed by atoms with E-state index in [1.807, 2.05) is 0 Å². The fourth-order valence-electron chi connectivity index (χ4n) is 3.15. The smallest absolute Gasteiger partial charge is 0.323 e. The van der Waals surface area contributed by atoms with Gasteiger partial charge >= 0.3 is 5.97 Å². The summed E-state index contributed by atoms with van der Waals surface area (Å²) in [6.07, 6.45) is 0. The molecule has 1 saturated heterocycles. The molecule has 1 amide bonds. The number of hydrogen-bond acceptors (Lipinski definition) is 6. The molecule has 1 fully saturated rings. The zero-order chi connectivity index (χ0) is 20.4. The van der Waals surface area contributed by atoms with Gasteiger partial charge in [-0.2, -0.15) is 0 Å². The summed E-state index contributed by atoms with van der Waals surface area (Å²) in [5.74, 6) is -4.19. The molecule has 1 aliphatic heterocycles. The minimum atomic E-state index is -1.40. The van der Waals surface area contributed by atoms with Crippen molar-refractivity contribution in [3.05, 3.63) is 81.4 Å². The second-order valence-electron chi connectivity index (χ2n) is 6.00. The molecular formula is C19H14N2O7. The predicted molar refractivity (Wildman–Crippen MR) is 96.2 cm³/mol. The highest BCUT2D eigenvalue weighted by atomic mass is 16.6. The number of carbonyl (C=O) groups is 3. The van der Waals surface area contributed by atoms with Crippen molar-refractivity contribution in [1.82, 2.24) is 4.90 Å². The Hall–Kier alpha value is -4.01. The van der Waals surface area contributed by atoms with E-state index in [-0.39, 0.29) is 11.1 Å². The van der Waals surface area contributed by atoms with Crippen molar-refractivity contribution in [2.45, 2.75) is 6.04 Å². The van der Waals surface area contributed by atoms with Gasteiger partial charge in [-0.25, -0.2) is 0 Å². The van der Waals surface area contributed by atoms with Gasteiger partial charge in [-0.1, -0.05) is 42.5 Å². The Morgan fingerprint density at radius 2 is 1.64 bits per heavy atom. The van der Waals surface area contributed by atoms with E-state index < -0.39 is 52.2 Å². The molecule has 9 heteroatoms. The minimum Gasteiger partial charge on any atom is -0.507 e. The number of amides is 1. The van der Waals surface area contributed by atoms with Gasteiger partial charge in [-0.3, -0.25) is 24.5 Å². The number of aliphatic hydroxyl groups excluding tert-OH is 1. The van der Waals surface area contributed by atoms with E-state index in [4.69, 9.17) is 5.11 Å². The number of para-hydroxylation sites is 1. The number of nitro groups is 1. The van der Waals surface area contributed by atoms with E-state index in [0.29, 0.717) is 4.90 Å². The number of nitro benzene ring substituents is 1. The number of rotatable bonds is 5. The third kappa shape index (κ3) is 3.20. The number of aliphatic carboxylic acids is 1. The number of likely N-dealkylation sites (tertiary alicyclic amines) is 1. The van der Waals surface area contributed by atoms with Crippen molar-refractivity contribution < 1.29 is 29.5 Å². The maximum atomic E-state index is 12.6. The first-order valence-corrected chi connectivity index (χ1v) is 8.12. The Kier molecular flexibility index (Phi) is 4.90. The van der Waals surface area contributed by atoms with Crippen LogP contribution in [0.1, 0.15) is 17.2 Å². The highest BCUT2D eigenvalue weighted by molar-refractivity contribution is 6.47. The van der Waals surface area contributed by atoms with Crippen LogP contribution in [0.25, 0.3) is 5.76 Å². The van der Waals surface area contributed by atoms with Crippen molar-refractivity contribution in [2.75, 3.05) is 6.54 Å². The molecule has 1 atom stereocenters. The number of Topliss-reactive ketones (excluding diaryl/α,β-unsaturated/α-hetero) is 1. The number of carbonyl (C=O) groups excluding carboxylic acids is 2. The first-order chi connectivity index (χ1) is 13.3. The highest BCUT2D eigenvalue weighted by Gasteiger charge is 2.48. The molecule has 0 bridgehead atoms. The summed E-state index contributed by atoms with van der Waals surface area (Å²) in [6, 6.07) is 11.8. The van der Waals surface area contributed by atoms with Crippen LogP contribution in [-0.2, 0) is 14.4 Å². The molecule has 0 spiro atoms. The number of aliphatic hydroxyl groups is 1. The summed E-state index contributed by atoms with van der Waals surface area (Å²) in [4.78, 5) is 47.7. The second-order valence-corrected chi connectivity index (χ2v) is 6.00. The molecule has 1 aliphatic rings.